The molecule has 0 saturated heterocycles. The lowest BCUT2D eigenvalue weighted by Crippen LogP contribution is -2.40. The van der Waals surface area contributed by atoms with Gasteiger partial charge in [0, 0.05) is 10.6 Å². The molecule has 1 aliphatic heterocycles. The predicted molar refractivity (Wildman–Crippen MR) is 59.7 cm³/mol. The van der Waals surface area contributed by atoms with Crippen molar-refractivity contribution in [3.8, 4) is 0 Å². The highest BCUT2D eigenvalue weighted by molar-refractivity contribution is 8.14. The Bertz CT molecular complexity index is 398. The van der Waals surface area contributed by atoms with Crippen molar-refractivity contribution in [2.45, 2.75) is 31.2 Å². The fraction of sp³-hybridized carbons (Fsp3) is 0.364. The van der Waals surface area contributed by atoms with E-state index < -0.39 is 5.54 Å². The summed E-state index contributed by atoms with van der Waals surface area (Å²) in [5.41, 5.74) is 1.79. The number of aryl methyl sites for hydroxylation is 1. The summed E-state index contributed by atoms with van der Waals surface area (Å²) in [5, 5.41) is 3.42. The van der Waals surface area contributed by atoms with Crippen LogP contribution < -0.4 is 5.32 Å². The lowest BCUT2D eigenvalue weighted by molar-refractivity contribution is -0.114. The number of carbonyl (C=O) groups is 1. The van der Waals surface area contributed by atoms with Crippen molar-refractivity contribution >= 4 is 22.6 Å². The van der Waals surface area contributed by atoms with E-state index in [2.05, 4.69) is 11.4 Å². The molecule has 1 N–H and O–H groups in total. The maximum Gasteiger partial charge on any atom is 0.218 e. The number of thioether (sulfide) groups is 1. The van der Waals surface area contributed by atoms with Crippen molar-refractivity contribution in [3.05, 3.63) is 23.8 Å². The molecule has 0 bridgehead atoms. The molecule has 0 aromatic heterocycles. The van der Waals surface area contributed by atoms with Crippen LogP contribution in [0.2, 0.25) is 0 Å². The first-order valence-corrected chi connectivity index (χ1v) is 5.42. The van der Waals surface area contributed by atoms with Crippen molar-refractivity contribution in [1.29, 1.82) is 0 Å². The summed E-state index contributed by atoms with van der Waals surface area (Å²) in [4.78, 5) is 12.7. The van der Waals surface area contributed by atoms with Crippen molar-refractivity contribution in [2.75, 3.05) is 5.32 Å². The SMILES string of the molecule is Cc1ccc2c(c1)SC(=O)C(C)(C)N2. The highest BCUT2D eigenvalue weighted by Gasteiger charge is 2.33. The van der Waals surface area contributed by atoms with Crippen molar-refractivity contribution < 1.29 is 4.79 Å². The number of fused-ring (bicyclic) bond motifs is 1. The van der Waals surface area contributed by atoms with E-state index in [9.17, 15) is 4.79 Å². The Morgan fingerprint density at radius 1 is 1.36 bits per heavy atom. The van der Waals surface area contributed by atoms with Crippen LogP contribution >= 0.6 is 11.8 Å². The van der Waals surface area contributed by atoms with Crippen LogP contribution in [0.15, 0.2) is 23.1 Å². The zero-order valence-electron chi connectivity index (χ0n) is 8.55. The van der Waals surface area contributed by atoms with Crippen LogP contribution in [0.4, 0.5) is 5.69 Å². The normalized spacial score (nSPS) is 18.6. The molecule has 2 rings (SSSR count). The summed E-state index contributed by atoms with van der Waals surface area (Å²) >= 11 is 1.33. The van der Waals surface area contributed by atoms with Crippen LogP contribution in [0, 0.1) is 6.92 Å². The van der Waals surface area contributed by atoms with Crippen LogP contribution in [0.3, 0.4) is 0 Å². The molecule has 1 aromatic rings. The van der Waals surface area contributed by atoms with E-state index in [1.54, 1.807) is 0 Å². The lowest BCUT2D eigenvalue weighted by Gasteiger charge is -2.31. The van der Waals surface area contributed by atoms with Crippen LogP contribution in [0.25, 0.3) is 0 Å². The van der Waals surface area contributed by atoms with Crippen LogP contribution in [0.1, 0.15) is 19.4 Å². The van der Waals surface area contributed by atoms with Gasteiger partial charge in [-0.1, -0.05) is 6.07 Å². The topological polar surface area (TPSA) is 29.1 Å². The molecule has 2 nitrogen and oxygen atoms in total. The summed E-state index contributed by atoms with van der Waals surface area (Å²) in [5.74, 6) is 0. The van der Waals surface area contributed by atoms with Crippen LogP contribution in [-0.4, -0.2) is 10.7 Å². The third-order valence-electron chi connectivity index (χ3n) is 2.30. The van der Waals surface area contributed by atoms with Crippen molar-refractivity contribution in [2.24, 2.45) is 0 Å². The molecule has 0 unspecified atom stereocenters. The van der Waals surface area contributed by atoms with E-state index >= 15 is 0 Å². The zero-order valence-corrected chi connectivity index (χ0v) is 9.37. The molecule has 0 aliphatic carbocycles. The molecule has 0 saturated carbocycles. The van der Waals surface area contributed by atoms with E-state index in [1.807, 2.05) is 32.9 Å². The number of hydrogen-bond acceptors (Lipinski definition) is 3. The Balaban J connectivity index is 2.46. The number of rotatable bonds is 0. The monoisotopic (exact) mass is 207 g/mol. The van der Waals surface area contributed by atoms with E-state index in [4.69, 9.17) is 0 Å². The van der Waals surface area contributed by atoms with E-state index in [0.717, 1.165) is 10.6 Å². The maximum atomic E-state index is 11.7. The van der Waals surface area contributed by atoms with Gasteiger partial charge in [-0.25, -0.2) is 0 Å². The van der Waals surface area contributed by atoms with E-state index in [0.29, 0.717) is 0 Å². The molecule has 0 fully saturated rings. The van der Waals surface area contributed by atoms with Crippen molar-refractivity contribution in [1.82, 2.24) is 0 Å². The minimum atomic E-state index is -0.451. The van der Waals surface area contributed by atoms with Gasteiger partial charge in [0.2, 0.25) is 5.12 Å². The standard InChI is InChI=1S/C11H13NOS/c1-7-4-5-8-9(6-7)14-10(13)11(2,3)12-8/h4-6,12H,1-3H3. The van der Waals surface area contributed by atoms with Crippen molar-refractivity contribution in [3.63, 3.8) is 0 Å². The molecule has 1 heterocycles. The summed E-state index contributed by atoms with van der Waals surface area (Å²) in [6, 6.07) is 6.13. The third-order valence-corrected chi connectivity index (χ3v) is 3.55. The fourth-order valence-corrected chi connectivity index (χ4v) is 2.41. The molecular weight excluding hydrogens is 194 g/mol. The summed E-state index contributed by atoms with van der Waals surface area (Å²) < 4.78 is 0. The lowest BCUT2D eigenvalue weighted by atomic mass is 10.1. The first kappa shape index (κ1) is 9.59. The molecule has 1 aromatic carbocycles. The van der Waals surface area contributed by atoms with Gasteiger partial charge in [-0.3, -0.25) is 4.79 Å². The maximum absolute atomic E-state index is 11.7. The Morgan fingerprint density at radius 2 is 2.07 bits per heavy atom. The van der Waals surface area contributed by atoms with Gasteiger partial charge >= 0.3 is 0 Å². The molecule has 0 amide bonds. The second-order valence-corrected chi connectivity index (χ2v) is 5.15. The summed E-state index contributed by atoms with van der Waals surface area (Å²) in [6.07, 6.45) is 0. The number of nitrogens with one attached hydrogen (secondary N) is 1. The molecule has 1 aliphatic rings. The van der Waals surface area contributed by atoms with Gasteiger partial charge in [0.15, 0.2) is 0 Å². The van der Waals surface area contributed by atoms with Gasteiger partial charge in [-0.2, -0.15) is 0 Å². The number of carbonyl (C=O) groups excluding carboxylic acids is 1. The summed E-state index contributed by atoms with van der Waals surface area (Å²) in [7, 11) is 0. The van der Waals surface area contributed by atoms with Crippen LogP contribution in [-0.2, 0) is 4.79 Å². The molecule has 0 atom stereocenters. The van der Waals surface area contributed by atoms with Gasteiger partial charge < -0.3 is 5.32 Å². The average molecular weight is 207 g/mol. The molecule has 3 heteroatoms. The second-order valence-electron chi connectivity index (χ2n) is 4.14. The first-order valence-electron chi connectivity index (χ1n) is 4.60. The Morgan fingerprint density at radius 3 is 2.79 bits per heavy atom. The second kappa shape index (κ2) is 3.02. The first-order chi connectivity index (χ1) is 6.49. The minimum Gasteiger partial charge on any atom is -0.372 e. The summed E-state index contributed by atoms with van der Waals surface area (Å²) in [6.45, 7) is 5.85. The fourth-order valence-electron chi connectivity index (χ4n) is 1.43. The smallest absolute Gasteiger partial charge is 0.218 e. The largest absolute Gasteiger partial charge is 0.372 e. The molecular formula is C11H13NOS. The Labute approximate surface area is 88.1 Å². The minimum absolute atomic E-state index is 0.176. The van der Waals surface area contributed by atoms with E-state index in [-0.39, 0.29) is 5.12 Å². The number of hydrogen-bond donors (Lipinski definition) is 1. The van der Waals surface area contributed by atoms with Gasteiger partial charge in [0.25, 0.3) is 0 Å². The zero-order chi connectivity index (χ0) is 10.3. The van der Waals surface area contributed by atoms with Gasteiger partial charge in [0.05, 0.1) is 0 Å². The van der Waals surface area contributed by atoms with Gasteiger partial charge in [-0.15, -0.1) is 0 Å². The number of benzene rings is 1. The Kier molecular flexibility index (Phi) is 2.07. The van der Waals surface area contributed by atoms with E-state index in [1.165, 1.54) is 17.3 Å². The molecule has 74 valence electrons. The highest BCUT2D eigenvalue weighted by atomic mass is 32.2. The van der Waals surface area contributed by atoms with Gasteiger partial charge in [0.1, 0.15) is 5.54 Å². The predicted octanol–water partition coefficient (Wildman–Crippen LogP) is 2.82. The average Bonchev–Trinajstić information content (AvgIpc) is 2.08. The van der Waals surface area contributed by atoms with Gasteiger partial charge in [-0.05, 0) is 50.2 Å². The molecule has 0 spiro atoms. The molecule has 14 heavy (non-hydrogen) atoms. The van der Waals surface area contributed by atoms with Crippen LogP contribution in [0.5, 0.6) is 0 Å². The highest BCUT2D eigenvalue weighted by Crippen LogP contribution is 2.38. The quantitative estimate of drug-likeness (QED) is 0.709. The Hall–Kier alpha value is -0.960. The number of anilines is 1. The molecule has 0 radical (unpaired) electrons. The third kappa shape index (κ3) is 1.52.